The summed E-state index contributed by atoms with van der Waals surface area (Å²) in [4.78, 5) is 16.6. The number of ether oxygens (including phenoxy) is 2. The fourth-order valence-electron chi connectivity index (χ4n) is 2.71. The molecule has 0 unspecified atom stereocenters. The van der Waals surface area contributed by atoms with Crippen molar-refractivity contribution in [2.75, 3.05) is 20.3 Å². The Labute approximate surface area is 153 Å². The fourth-order valence-corrected chi connectivity index (χ4v) is 2.71. The summed E-state index contributed by atoms with van der Waals surface area (Å²) in [5.74, 6) is 1.36. The van der Waals surface area contributed by atoms with Crippen LogP contribution in [0, 0.1) is 6.92 Å². The molecule has 1 aromatic heterocycles. The molecule has 0 aliphatic heterocycles. The number of rotatable bonds is 7. The number of hydrogen-bond donors (Lipinski definition) is 1. The third-order valence-corrected chi connectivity index (χ3v) is 4.13. The highest BCUT2D eigenvalue weighted by atomic mass is 16.5. The number of para-hydroxylation sites is 1. The van der Waals surface area contributed by atoms with Gasteiger partial charge in [0, 0.05) is 23.7 Å². The number of carbonyl (C=O) groups excluding carboxylic acids is 1. The number of methoxy groups -OCH3 is 1. The third kappa shape index (κ3) is 4.11. The molecule has 0 aliphatic carbocycles. The van der Waals surface area contributed by atoms with Crippen LogP contribution in [-0.4, -0.2) is 31.2 Å². The lowest BCUT2D eigenvalue weighted by Crippen LogP contribution is -2.25. The van der Waals surface area contributed by atoms with Crippen LogP contribution in [0.1, 0.15) is 22.3 Å². The number of nitrogens with one attached hydrogen (secondary N) is 1. The average molecular weight is 350 g/mol. The van der Waals surface area contributed by atoms with E-state index in [4.69, 9.17) is 9.47 Å². The van der Waals surface area contributed by atoms with Crippen molar-refractivity contribution in [2.45, 2.75) is 13.3 Å². The van der Waals surface area contributed by atoms with Gasteiger partial charge in [-0.15, -0.1) is 0 Å². The zero-order chi connectivity index (χ0) is 18.4. The predicted molar refractivity (Wildman–Crippen MR) is 102 cm³/mol. The fraction of sp³-hybridized carbons (Fsp3) is 0.238. The van der Waals surface area contributed by atoms with E-state index in [9.17, 15) is 4.79 Å². The lowest BCUT2D eigenvalue weighted by Gasteiger charge is -2.10. The van der Waals surface area contributed by atoms with E-state index in [0.717, 1.165) is 22.2 Å². The predicted octanol–water partition coefficient (Wildman–Crippen LogP) is 3.75. The second-order valence-corrected chi connectivity index (χ2v) is 5.97. The second-order valence-electron chi connectivity index (χ2n) is 5.97. The van der Waals surface area contributed by atoms with Gasteiger partial charge in [-0.25, -0.2) is 0 Å². The van der Waals surface area contributed by atoms with Gasteiger partial charge in [0.1, 0.15) is 17.0 Å². The summed E-state index contributed by atoms with van der Waals surface area (Å²) in [5, 5.41) is 3.95. The first-order valence-electron chi connectivity index (χ1n) is 8.58. The van der Waals surface area contributed by atoms with Crippen LogP contribution < -0.4 is 14.8 Å². The number of amides is 1. The van der Waals surface area contributed by atoms with E-state index in [2.05, 4.69) is 10.3 Å². The van der Waals surface area contributed by atoms with Crippen LogP contribution in [0.5, 0.6) is 11.5 Å². The normalized spacial score (nSPS) is 10.5. The molecule has 0 bridgehead atoms. The van der Waals surface area contributed by atoms with Gasteiger partial charge >= 0.3 is 0 Å². The summed E-state index contributed by atoms with van der Waals surface area (Å²) in [6.45, 7) is 2.99. The van der Waals surface area contributed by atoms with Crippen molar-refractivity contribution in [1.82, 2.24) is 10.3 Å². The van der Waals surface area contributed by atoms with Gasteiger partial charge in [0.05, 0.1) is 13.7 Å². The van der Waals surface area contributed by atoms with Gasteiger partial charge in [0.2, 0.25) is 0 Å². The number of nitrogens with zero attached hydrogens (tertiary/aromatic N) is 1. The van der Waals surface area contributed by atoms with Gasteiger partial charge in [-0.1, -0.05) is 24.3 Å². The van der Waals surface area contributed by atoms with Crippen molar-refractivity contribution >= 4 is 16.8 Å². The highest BCUT2D eigenvalue weighted by molar-refractivity contribution is 5.94. The first-order chi connectivity index (χ1) is 12.7. The first kappa shape index (κ1) is 17.7. The number of carbonyl (C=O) groups is 1. The number of aryl methyl sites for hydroxylation is 1. The molecule has 5 heteroatoms. The minimum absolute atomic E-state index is 0.116. The van der Waals surface area contributed by atoms with Crippen molar-refractivity contribution in [1.29, 1.82) is 0 Å². The zero-order valence-corrected chi connectivity index (χ0v) is 15.0. The van der Waals surface area contributed by atoms with Crippen LogP contribution >= 0.6 is 0 Å². The molecule has 1 N–H and O–H groups in total. The molecule has 134 valence electrons. The summed E-state index contributed by atoms with van der Waals surface area (Å²) < 4.78 is 11.1. The number of fused-ring (bicyclic) bond motifs is 1. The summed E-state index contributed by atoms with van der Waals surface area (Å²) in [6, 6.07) is 15.2. The van der Waals surface area contributed by atoms with E-state index < -0.39 is 0 Å². The van der Waals surface area contributed by atoms with Crippen LogP contribution in [0.3, 0.4) is 0 Å². The van der Waals surface area contributed by atoms with Crippen molar-refractivity contribution in [3.05, 3.63) is 65.9 Å². The highest BCUT2D eigenvalue weighted by Crippen LogP contribution is 2.23. The topological polar surface area (TPSA) is 60.5 Å². The molecule has 0 saturated heterocycles. The average Bonchev–Trinajstić information content (AvgIpc) is 2.68. The maximum absolute atomic E-state index is 12.2. The lowest BCUT2D eigenvalue weighted by molar-refractivity contribution is 0.0951. The first-order valence-corrected chi connectivity index (χ1v) is 8.58. The Bertz CT molecular complexity index is 903. The molecular weight excluding hydrogens is 328 g/mol. The van der Waals surface area contributed by atoms with Crippen molar-refractivity contribution in [3.8, 4) is 11.5 Å². The Balaban J connectivity index is 1.49. The van der Waals surface area contributed by atoms with Gasteiger partial charge in [0.25, 0.3) is 5.91 Å². The van der Waals surface area contributed by atoms with Gasteiger partial charge in [-0.2, -0.15) is 0 Å². The van der Waals surface area contributed by atoms with E-state index in [1.807, 2.05) is 43.3 Å². The van der Waals surface area contributed by atoms with Gasteiger partial charge in [-0.05, 0) is 43.2 Å². The van der Waals surface area contributed by atoms with E-state index >= 15 is 0 Å². The molecule has 0 atom stereocenters. The van der Waals surface area contributed by atoms with E-state index in [-0.39, 0.29) is 5.91 Å². The smallest absolute Gasteiger partial charge is 0.251 e. The summed E-state index contributed by atoms with van der Waals surface area (Å²) in [5.41, 5.74) is 2.44. The number of benzene rings is 2. The molecule has 1 heterocycles. The van der Waals surface area contributed by atoms with Crippen LogP contribution in [0.2, 0.25) is 0 Å². The molecule has 5 nitrogen and oxygen atoms in total. The van der Waals surface area contributed by atoms with E-state index in [0.29, 0.717) is 30.9 Å². The number of pyridine rings is 1. The van der Waals surface area contributed by atoms with E-state index in [1.165, 1.54) is 0 Å². The number of hydrogen-bond acceptors (Lipinski definition) is 4. The second kappa shape index (κ2) is 8.34. The summed E-state index contributed by atoms with van der Waals surface area (Å²) in [6.07, 6.45) is 2.46. The Morgan fingerprint density at radius 3 is 2.81 bits per heavy atom. The summed E-state index contributed by atoms with van der Waals surface area (Å²) in [7, 11) is 1.60. The van der Waals surface area contributed by atoms with Gasteiger partial charge < -0.3 is 14.8 Å². The Morgan fingerprint density at radius 2 is 1.96 bits per heavy atom. The molecule has 3 aromatic rings. The molecular formula is C21H22N2O3. The number of aromatic nitrogens is 1. The molecule has 0 fully saturated rings. The largest absolute Gasteiger partial charge is 0.496 e. The zero-order valence-electron chi connectivity index (χ0n) is 15.0. The lowest BCUT2D eigenvalue weighted by atomic mass is 10.1. The molecule has 0 radical (unpaired) electrons. The van der Waals surface area contributed by atoms with Crippen LogP contribution in [-0.2, 0) is 0 Å². The standard InChI is InChI=1S/C21H22N2O3/c1-15-9-10-17(14-19(15)25-2)21(24)23-12-5-13-26-18-8-3-6-16-7-4-11-22-20(16)18/h3-4,6-11,14H,5,12-13H2,1-2H3,(H,23,24). The van der Waals surface area contributed by atoms with Crippen molar-refractivity contribution in [2.24, 2.45) is 0 Å². The summed E-state index contributed by atoms with van der Waals surface area (Å²) >= 11 is 0. The molecule has 26 heavy (non-hydrogen) atoms. The molecule has 0 aliphatic rings. The van der Waals surface area contributed by atoms with Crippen molar-refractivity contribution in [3.63, 3.8) is 0 Å². The maximum Gasteiger partial charge on any atom is 0.251 e. The van der Waals surface area contributed by atoms with Gasteiger partial charge in [-0.3, -0.25) is 9.78 Å². The third-order valence-electron chi connectivity index (χ3n) is 4.13. The Kier molecular flexibility index (Phi) is 5.69. The molecule has 3 rings (SSSR count). The van der Waals surface area contributed by atoms with Crippen LogP contribution in [0.4, 0.5) is 0 Å². The highest BCUT2D eigenvalue weighted by Gasteiger charge is 2.08. The monoisotopic (exact) mass is 350 g/mol. The SMILES string of the molecule is COc1cc(C(=O)NCCCOc2cccc3cccnc23)ccc1C. The maximum atomic E-state index is 12.2. The molecule has 0 saturated carbocycles. The van der Waals surface area contributed by atoms with E-state index in [1.54, 1.807) is 25.4 Å². The Morgan fingerprint density at radius 1 is 1.12 bits per heavy atom. The molecule has 0 spiro atoms. The van der Waals surface area contributed by atoms with Crippen molar-refractivity contribution < 1.29 is 14.3 Å². The minimum Gasteiger partial charge on any atom is -0.496 e. The minimum atomic E-state index is -0.116. The molecule has 1 amide bonds. The Hall–Kier alpha value is -3.08. The van der Waals surface area contributed by atoms with Crippen LogP contribution in [0.15, 0.2) is 54.7 Å². The van der Waals surface area contributed by atoms with Crippen LogP contribution in [0.25, 0.3) is 10.9 Å². The van der Waals surface area contributed by atoms with Gasteiger partial charge in [0.15, 0.2) is 0 Å². The quantitative estimate of drug-likeness (QED) is 0.659. The molecule has 2 aromatic carbocycles.